The number of nitrogens with zero attached hydrogens (tertiary/aromatic N) is 1. The largest absolute Gasteiger partial charge is 0.495 e. The van der Waals surface area contributed by atoms with Crippen molar-refractivity contribution < 1.29 is 22.7 Å². The van der Waals surface area contributed by atoms with Gasteiger partial charge in [0, 0.05) is 25.1 Å². The van der Waals surface area contributed by atoms with Crippen LogP contribution in [0.4, 0.5) is 5.69 Å². The predicted octanol–water partition coefficient (Wildman–Crippen LogP) is 2.70. The van der Waals surface area contributed by atoms with Gasteiger partial charge in [-0.15, -0.1) is 0 Å². The number of carbonyl (C=O) groups is 1. The molecule has 150 valence electrons. The maximum absolute atomic E-state index is 12.8. The van der Waals surface area contributed by atoms with Crippen molar-refractivity contribution >= 4 is 21.6 Å². The van der Waals surface area contributed by atoms with Crippen LogP contribution in [0.5, 0.6) is 11.5 Å². The third kappa shape index (κ3) is 4.28. The van der Waals surface area contributed by atoms with Gasteiger partial charge in [-0.3, -0.25) is 4.79 Å². The highest BCUT2D eigenvalue weighted by atomic mass is 32.2. The van der Waals surface area contributed by atoms with Gasteiger partial charge < -0.3 is 14.4 Å². The number of nitrogens with one attached hydrogen (secondary N) is 1. The fraction of sp³-hybridized carbons (Fsp3) is 0.350. The van der Waals surface area contributed by atoms with E-state index >= 15 is 0 Å². The molecule has 1 aliphatic heterocycles. The quantitative estimate of drug-likeness (QED) is 0.731. The Labute approximate surface area is 165 Å². The van der Waals surface area contributed by atoms with E-state index in [0.717, 1.165) is 12.0 Å². The molecule has 1 fully saturated rings. The first-order valence-electron chi connectivity index (χ1n) is 9.15. The summed E-state index contributed by atoms with van der Waals surface area (Å²) in [6.45, 7) is 3.02. The maximum atomic E-state index is 12.8. The zero-order valence-corrected chi connectivity index (χ0v) is 16.8. The first kappa shape index (κ1) is 20.2. The Bertz CT molecular complexity index is 959. The minimum Gasteiger partial charge on any atom is -0.495 e. The Kier molecular flexibility index (Phi) is 6.21. The summed E-state index contributed by atoms with van der Waals surface area (Å²) in [6, 6.07) is 11.8. The summed E-state index contributed by atoms with van der Waals surface area (Å²) in [6.07, 6.45) is 1.19. The number of anilines is 1. The zero-order chi connectivity index (χ0) is 20.1. The molecule has 1 N–H and O–H groups in total. The molecule has 0 bridgehead atoms. The first-order valence-corrected chi connectivity index (χ1v) is 10.6. The lowest BCUT2D eigenvalue weighted by molar-refractivity contribution is -0.117. The first-order chi connectivity index (χ1) is 13.5. The minimum absolute atomic E-state index is 0.0357. The Balaban J connectivity index is 1.85. The number of methoxy groups -OCH3 is 1. The summed E-state index contributed by atoms with van der Waals surface area (Å²) >= 11 is 0. The molecule has 0 spiro atoms. The second-order valence-electron chi connectivity index (χ2n) is 6.35. The lowest BCUT2D eigenvalue weighted by Crippen LogP contribution is -2.26. The Morgan fingerprint density at radius 2 is 1.93 bits per heavy atom. The lowest BCUT2D eigenvalue weighted by Gasteiger charge is -2.20. The van der Waals surface area contributed by atoms with Crippen LogP contribution in [-0.4, -0.2) is 34.6 Å². The molecule has 0 atom stereocenters. The average molecular weight is 404 g/mol. The van der Waals surface area contributed by atoms with Crippen LogP contribution in [0.2, 0.25) is 0 Å². The number of hydrogen-bond donors (Lipinski definition) is 1. The molecule has 1 heterocycles. The topological polar surface area (TPSA) is 84.9 Å². The monoisotopic (exact) mass is 404 g/mol. The molecule has 28 heavy (non-hydrogen) atoms. The number of rotatable bonds is 8. The standard InChI is InChI=1S/C20H24N2O5S/c1-3-27-18-8-5-4-7-15(18)14-21-28(24,25)16-10-11-19(26-2)17(13-16)22-12-6-9-20(22)23/h4-5,7-8,10-11,13,21H,3,6,9,12,14H2,1-2H3. The van der Waals surface area contributed by atoms with Crippen molar-refractivity contribution in [1.29, 1.82) is 0 Å². The molecule has 0 aromatic heterocycles. The van der Waals surface area contributed by atoms with E-state index in [1.165, 1.54) is 19.2 Å². The Morgan fingerprint density at radius 1 is 1.14 bits per heavy atom. The van der Waals surface area contributed by atoms with E-state index in [2.05, 4.69) is 4.72 Å². The summed E-state index contributed by atoms with van der Waals surface area (Å²) < 4.78 is 39.1. The van der Waals surface area contributed by atoms with Crippen LogP contribution in [0.3, 0.4) is 0 Å². The van der Waals surface area contributed by atoms with Crippen LogP contribution >= 0.6 is 0 Å². The van der Waals surface area contributed by atoms with E-state index < -0.39 is 10.0 Å². The van der Waals surface area contributed by atoms with Crippen LogP contribution in [0.1, 0.15) is 25.3 Å². The van der Waals surface area contributed by atoms with Crippen LogP contribution in [0.25, 0.3) is 0 Å². The third-order valence-corrected chi connectivity index (χ3v) is 5.95. The summed E-state index contributed by atoms with van der Waals surface area (Å²) in [5.74, 6) is 1.08. The van der Waals surface area contributed by atoms with E-state index in [9.17, 15) is 13.2 Å². The smallest absolute Gasteiger partial charge is 0.240 e. The molecule has 1 aliphatic rings. The SMILES string of the molecule is CCOc1ccccc1CNS(=O)(=O)c1ccc(OC)c(N2CCCC2=O)c1. The molecule has 3 rings (SSSR count). The van der Waals surface area contributed by atoms with Crippen LogP contribution < -0.4 is 19.1 Å². The fourth-order valence-electron chi connectivity index (χ4n) is 3.15. The number of hydrogen-bond acceptors (Lipinski definition) is 5. The van der Waals surface area contributed by atoms with Crippen molar-refractivity contribution in [3.63, 3.8) is 0 Å². The van der Waals surface area contributed by atoms with Gasteiger partial charge in [0.1, 0.15) is 11.5 Å². The van der Waals surface area contributed by atoms with Gasteiger partial charge in [-0.05, 0) is 37.6 Å². The molecule has 7 nitrogen and oxygen atoms in total. The van der Waals surface area contributed by atoms with Gasteiger partial charge in [0.05, 0.1) is 24.3 Å². The van der Waals surface area contributed by atoms with Crippen molar-refractivity contribution in [1.82, 2.24) is 4.72 Å². The van der Waals surface area contributed by atoms with Gasteiger partial charge >= 0.3 is 0 Å². The summed E-state index contributed by atoms with van der Waals surface area (Å²) in [5, 5.41) is 0. The molecular weight excluding hydrogens is 380 g/mol. The van der Waals surface area contributed by atoms with Crippen molar-refractivity contribution in [2.45, 2.75) is 31.2 Å². The number of para-hydroxylation sites is 1. The molecule has 0 radical (unpaired) electrons. The maximum Gasteiger partial charge on any atom is 0.240 e. The van der Waals surface area contributed by atoms with E-state index in [-0.39, 0.29) is 17.3 Å². The van der Waals surface area contributed by atoms with Gasteiger partial charge in [0.15, 0.2) is 0 Å². The predicted molar refractivity (Wildman–Crippen MR) is 106 cm³/mol. The number of amides is 1. The number of sulfonamides is 1. The van der Waals surface area contributed by atoms with Gasteiger partial charge in [-0.1, -0.05) is 18.2 Å². The average Bonchev–Trinajstić information content (AvgIpc) is 3.13. The van der Waals surface area contributed by atoms with Crippen molar-refractivity contribution in [2.75, 3.05) is 25.2 Å². The van der Waals surface area contributed by atoms with Gasteiger partial charge in [0.25, 0.3) is 0 Å². The van der Waals surface area contributed by atoms with Crippen molar-refractivity contribution in [2.24, 2.45) is 0 Å². The molecule has 1 amide bonds. The Morgan fingerprint density at radius 3 is 2.61 bits per heavy atom. The highest BCUT2D eigenvalue weighted by molar-refractivity contribution is 7.89. The molecule has 2 aromatic rings. The molecule has 0 aliphatic carbocycles. The summed E-state index contributed by atoms with van der Waals surface area (Å²) in [4.78, 5) is 13.8. The van der Waals surface area contributed by atoms with E-state index in [0.29, 0.717) is 36.8 Å². The molecule has 0 unspecified atom stereocenters. The second kappa shape index (κ2) is 8.62. The summed E-state index contributed by atoms with van der Waals surface area (Å²) in [7, 11) is -2.29. The Hall–Kier alpha value is -2.58. The van der Waals surface area contributed by atoms with Gasteiger partial charge in [0.2, 0.25) is 15.9 Å². The third-order valence-electron chi connectivity index (χ3n) is 4.55. The summed E-state index contributed by atoms with van der Waals surface area (Å²) in [5.41, 5.74) is 1.22. The second-order valence-corrected chi connectivity index (χ2v) is 8.11. The van der Waals surface area contributed by atoms with Gasteiger partial charge in [-0.2, -0.15) is 0 Å². The van der Waals surface area contributed by atoms with Gasteiger partial charge in [-0.25, -0.2) is 13.1 Å². The normalized spacial score (nSPS) is 14.4. The molecule has 8 heteroatoms. The van der Waals surface area contributed by atoms with E-state index in [1.807, 2.05) is 25.1 Å². The van der Waals surface area contributed by atoms with Crippen molar-refractivity contribution in [3.8, 4) is 11.5 Å². The molecule has 1 saturated heterocycles. The zero-order valence-electron chi connectivity index (χ0n) is 16.0. The van der Waals surface area contributed by atoms with Crippen LogP contribution in [0, 0.1) is 0 Å². The highest BCUT2D eigenvalue weighted by Gasteiger charge is 2.26. The van der Waals surface area contributed by atoms with Crippen LogP contribution in [-0.2, 0) is 21.4 Å². The van der Waals surface area contributed by atoms with E-state index in [1.54, 1.807) is 17.0 Å². The fourth-order valence-corrected chi connectivity index (χ4v) is 4.18. The molecule has 2 aromatic carbocycles. The van der Waals surface area contributed by atoms with E-state index in [4.69, 9.17) is 9.47 Å². The number of ether oxygens (including phenoxy) is 2. The number of carbonyl (C=O) groups excluding carboxylic acids is 1. The minimum atomic E-state index is -3.78. The molecule has 0 saturated carbocycles. The van der Waals surface area contributed by atoms with Crippen molar-refractivity contribution in [3.05, 3.63) is 48.0 Å². The molecular formula is C20H24N2O5S. The highest BCUT2D eigenvalue weighted by Crippen LogP contribution is 2.33. The van der Waals surface area contributed by atoms with Crippen LogP contribution in [0.15, 0.2) is 47.4 Å². The lowest BCUT2D eigenvalue weighted by atomic mass is 10.2. The number of benzene rings is 2.